The van der Waals surface area contributed by atoms with Crippen molar-refractivity contribution in [3.05, 3.63) is 88.1 Å². The highest BCUT2D eigenvalue weighted by Crippen LogP contribution is 2.23. The molecule has 1 atom stereocenters. The summed E-state index contributed by atoms with van der Waals surface area (Å²) in [5.41, 5.74) is -0.869. The molecule has 0 radical (unpaired) electrons. The van der Waals surface area contributed by atoms with Crippen molar-refractivity contribution in [2.45, 2.75) is 23.7 Å². The molecule has 1 N–H and O–H groups in total. The quantitative estimate of drug-likeness (QED) is 0.295. The number of amides is 1. The maximum Gasteiger partial charge on any atom is 0.375 e. The predicted octanol–water partition coefficient (Wildman–Crippen LogP) is 3.48. The summed E-state index contributed by atoms with van der Waals surface area (Å²) in [4.78, 5) is 34.7. The van der Waals surface area contributed by atoms with E-state index in [1.54, 1.807) is 18.2 Å². The molecule has 0 aliphatic rings. The molecule has 0 bridgehead atoms. The number of carbonyl (C=O) groups is 2. The Labute approximate surface area is 187 Å². The van der Waals surface area contributed by atoms with E-state index < -0.39 is 50.0 Å². The molecule has 10 nitrogen and oxygen atoms in total. The van der Waals surface area contributed by atoms with E-state index >= 15 is 0 Å². The summed E-state index contributed by atoms with van der Waals surface area (Å²) in [6.07, 6.45) is -0.264. The molecular formula is C21H17FN2O8S. The Hall–Kier alpha value is -4.06. The summed E-state index contributed by atoms with van der Waals surface area (Å²) >= 11 is 0. The zero-order valence-corrected chi connectivity index (χ0v) is 17.9. The van der Waals surface area contributed by atoms with E-state index in [1.807, 2.05) is 0 Å². The van der Waals surface area contributed by atoms with E-state index in [2.05, 4.69) is 5.32 Å². The molecule has 12 heteroatoms. The highest BCUT2D eigenvalue weighted by Gasteiger charge is 2.27. The summed E-state index contributed by atoms with van der Waals surface area (Å²) in [5.74, 6) is -3.92. The fourth-order valence-corrected chi connectivity index (χ4v) is 4.16. The van der Waals surface area contributed by atoms with Gasteiger partial charge in [-0.25, -0.2) is 13.2 Å². The van der Waals surface area contributed by atoms with Crippen molar-refractivity contribution in [3.8, 4) is 0 Å². The molecular weight excluding hydrogens is 459 g/mol. The van der Waals surface area contributed by atoms with Crippen molar-refractivity contribution in [2.24, 2.45) is 0 Å². The van der Waals surface area contributed by atoms with Crippen LogP contribution in [-0.4, -0.2) is 31.3 Å². The van der Waals surface area contributed by atoms with Crippen molar-refractivity contribution in [2.75, 3.05) is 5.32 Å². The number of hydrogen-bond acceptors (Lipinski definition) is 8. The fraction of sp³-hybridized carbons (Fsp3) is 0.143. The minimum Gasteiger partial charge on any atom is -0.457 e. The smallest absolute Gasteiger partial charge is 0.375 e. The van der Waals surface area contributed by atoms with Gasteiger partial charge in [0, 0.05) is 17.3 Å². The lowest BCUT2D eigenvalue weighted by Crippen LogP contribution is -2.30. The van der Waals surface area contributed by atoms with Crippen LogP contribution in [0.3, 0.4) is 0 Å². The number of anilines is 1. The molecule has 33 heavy (non-hydrogen) atoms. The van der Waals surface area contributed by atoms with Crippen LogP contribution in [-0.2, 0) is 25.1 Å². The number of rotatable bonds is 8. The van der Waals surface area contributed by atoms with Gasteiger partial charge in [-0.05, 0) is 37.3 Å². The molecule has 2 aromatic carbocycles. The van der Waals surface area contributed by atoms with Crippen LogP contribution in [0, 0.1) is 15.9 Å². The summed E-state index contributed by atoms with van der Waals surface area (Å²) in [7, 11) is -3.77. The van der Waals surface area contributed by atoms with Crippen LogP contribution in [0.15, 0.2) is 70.2 Å². The van der Waals surface area contributed by atoms with Crippen LogP contribution in [0.4, 0.5) is 15.8 Å². The molecule has 3 aromatic rings. The van der Waals surface area contributed by atoms with Gasteiger partial charge in [0.25, 0.3) is 5.91 Å². The number of nitro groups is 1. The first kappa shape index (κ1) is 23.6. The topological polar surface area (TPSA) is 146 Å². The van der Waals surface area contributed by atoms with Crippen LogP contribution >= 0.6 is 0 Å². The molecule has 1 heterocycles. The van der Waals surface area contributed by atoms with Crippen LogP contribution in [0.5, 0.6) is 0 Å². The molecule has 0 spiro atoms. The van der Waals surface area contributed by atoms with Gasteiger partial charge in [0.2, 0.25) is 11.6 Å². The number of esters is 1. The van der Waals surface area contributed by atoms with Crippen molar-refractivity contribution < 1.29 is 36.5 Å². The maximum absolute atomic E-state index is 13.4. The SMILES string of the molecule is CC(OC(=O)c1occc1CS(=O)(=O)c1ccccc1)C(=O)Nc1ccc(F)c([N+](=O)[O-])c1. The van der Waals surface area contributed by atoms with Gasteiger partial charge >= 0.3 is 11.7 Å². The van der Waals surface area contributed by atoms with Crippen LogP contribution < -0.4 is 5.32 Å². The van der Waals surface area contributed by atoms with Gasteiger partial charge in [0.1, 0.15) is 0 Å². The molecule has 0 aliphatic carbocycles. The third kappa shape index (κ3) is 5.60. The highest BCUT2D eigenvalue weighted by atomic mass is 32.2. The lowest BCUT2D eigenvalue weighted by Gasteiger charge is -2.13. The van der Waals surface area contributed by atoms with E-state index in [4.69, 9.17) is 9.15 Å². The number of furan rings is 1. The van der Waals surface area contributed by atoms with Crippen LogP contribution in [0.1, 0.15) is 23.0 Å². The molecule has 1 aromatic heterocycles. The van der Waals surface area contributed by atoms with Crippen molar-refractivity contribution in [3.63, 3.8) is 0 Å². The largest absolute Gasteiger partial charge is 0.457 e. The number of halogens is 1. The molecule has 1 amide bonds. The van der Waals surface area contributed by atoms with Crippen molar-refractivity contribution >= 4 is 33.1 Å². The number of ether oxygens (including phenoxy) is 1. The second-order valence-corrected chi connectivity index (χ2v) is 8.80. The number of benzene rings is 2. The Morgan fingerprint density at radius 2 is 1.88 bits per heavy atom. The van der Waals surface area contributed by atoms with Gasteiger partial charge in [-0.15, -0.1) is 0 Å². The van der Waals surface area contributed by atoms with Gasteiger partial charge in [-0.3, -0.25) is 14.9 Å². The van der Waals surface area contributed by atoms with Crippen molar-refractivity contribution in [1.82, 2.24) is 0 Å². The number of nitrogens with zero attached hydrogens (tertiary/aromatic N) is 1. The molecule has 172 valence electrons. The summed E-state index contributed by atoms with van der Waals surface area (Å²) < 4.78 is 48.7. The lowest BCUT2D eigenvalue weighted by molar-refractivity contribution is -0.387. The van der Waals surface area contributed by atoms with E-state index in [0.717, 1.165) is 24.5 Å². The summed E-state index contributed by atoms with van der Waals surface area (Å²) in [6, 6.07) is 11.7. The number of carbonyl (C=O) groups excluding carboxylic acids is 2. The zero-order chi connectivity index (χ0) is 24.2. The molecule has 0 saturated carbocycles. The average Bonchev–Trinajstić information content (AvgIpc) is 3.23. The van der Waals surface area contributed by atoms with Gasteiger partial charge < -0.3 is 14.5 Å². The third-order valence-electron chi connectivity index (χ3n) is 4.44. The zero-order valence-electron chi connectivity index (χ0n) is 17.1. The Bertz CT molecular complexity index is 1300. The highest BCUT2D eigenvalue weighted by molar-refractivity contribution is 7.90. The summed E-state index contributed by atoms with van der Waals surface area (Å²) in [6.45, 7) is 1.23. The molecule has 0 aliphatic heterocycles. The van der Waals surface area contributed by atoms with Crippen LogP contribution in [0.25, 0.3) is 0 Å². The van der Waals surface area contributed by atoms with Gasteiger partial charge in [0.15, 0.2) is 15.9 Å². The Kier molecular flexibility index (Phi) is 6.87. The minimum atomic E-state index is -3.77. The number of nitro benzene ring substituents is 1. The molecule has 0 saturated heterocycles. The van der Waals surface area contributed by atoms with Crippen molar-refractivity contribution in [1.29, 1.82) is 0 Å². The van der Waals surface area contributed by atoms with Gasteiger partial charge in [0.05, 0.1) is 21.8 Å². The van der Waals surface area contributed by atoms with E-state index in [0.29, 0.717) is 0 Å². The first-order chi connectivity index (χ1) is 15.6. The fourth-order valence-electron chi connectivity index (χ4n) is 2.79. The van der Waals surface area contributed by atoms with E-state index in [-0.39, 0.29) is 21.9 Å². The first-order valence-corrected chi connectivity index (χ1v) is 11.0. The Morgan fingerprint density at radius 3 is 2.55 bits per heavy atom. The second kappa shape index (κ2) is 9.61. The first-order valence-electron chi connectivity index (χ1n) is 9.38. The maximum atomic E-state index is 13.4. The minimum absolute atomic E-state index is 0.0469. The average molecular weight is 476 g/mol. The molecule has 0 fully saturated rings. The lowest BCUT2D eigenvalue weighted by atomic mass is 10.2. The third-order valence-corrected chi connectivity index (χ3v) is 6.12. The predicted molar refractivity (Wildman–Crippen MR) is 113 cm³/mol. The van der Waals surface area contributed by atoms with Crippen LogP contribution in [0.2, 0.25) is 0 Å². The second-order valence-electron chi connectivity index (χ2n) is 6.81. The monoisotopic (exact) mass is 476 g/mol. The van der Waals surface area contributed by atoms with Gasteiger partial charge in [-0.1, -0.05) is 18.2 Å². The Balaban J connectivity index is 1.68. The van der Waals surface area contributed by atoms with Gasteiger partial charge in [-0.2, -0.15) is 4.39 Å². The normalized spacial score (nSPS) is 12.1. The number of hydrogen-bond donors (Lipinski definition) is 1. The van der Waals surface area contributed by atoms with E-state index in [9.17, 15) is 32.5 Å². The number of nitrogens with one attached hydrogen (secondary N) is 1. The Morgan fingerprint density at radius 1 is 1.18 bits per heavy atom. The molecule has 3 rings (SSSR count). The number of sulfone groups is 1. The summed E-state index contributed by atoms with van der Waals surface area (Å²) in [5, 5.41) is 13.1. The standard InChI is InChI=1S/C21H17FN2O8S/c1-13(20(25)23-15-7-8-17(22)18(11-15)24(27)28)32-21(26)19-14(9-10-31-19)12-33(29,30)16-5-3-2-4-6-16/h2-11,13H,12H2,1H3,(H,23,25). The van der Waals surface area contributed by atoms with E-state index in [1.165, 1.54) is 25.1 Å². The molecule has 1 unspecified atom stereocenters.